The van der Waals surface area contributed by atoms with E-state index in [1.54, 1.807) is 55.0 Å². The predicted molar refractivity (Wildman–Crippen MR) is 116 cm³/mol. The summed E-state index contributed by atoms with van der Waals surface area (Å²) in [6.45, 7) is 3.73. The van der Waals surface area contributed by atoms with Gasteiger partial charge in [0.25, 0.3) is 5.56 Å². The van der Waals surface area contributed by atoms with Gasteiger partial charge in [-0.1, -0.05) is 41.1 Å². The maximum atomic E-state index is 13.4. The van der Waals surface area contributed by atoms with E-state index >= 15 is 0 Å². The predicted octanol–water partition coefficient (Wildman–Crippen LogP) is 2.85. The summed E-state index contributed by atoms with van der Waals surface area (Å²) >= 11 is 7.32. The molecular weight excluding hydrogens is 422 g/mol. The maximum absolute atomic E-state index is 13.4. The van der Waals surface area contributed by atoms with E-state index in [1.807, 2.05) is 18.2 Å². The number of thiazole rings is 1. The van der Waals surface area contributed by atoms with Crippen LogP contribution in [0.15, 0.2) is 69.7 Å². The molecule has 0 fully saturated rings. The summed E-state index contributed by atoms with van der Waals surface area (Å²) < 4.78 is 7.31. The van der Waals surface area contributed by atoms with Crippen molar-refractivity contribution in [3.8, 4) is 0 Å². The first kappa shape index (κ1) is 20.3. The molecule has 0 saturated carbocycles. The van der Waals surface area contributed by atoms with E-state index in [2.05, 4.69) is 9.98 Å². The van der Waals surface area contributed by atoms with Gasteiger partial charge in [0.05, 0.1) is 34.1 Å². The summed E-state index contributed by atoms with van der Waals surface area (Å²) in [6.07, 6.45) is 3.40. The van der Waals surface area contributed by atoms with Crippen molar-refractivity contribution >= 4 is 35.0 Å². The molecule has 4 rings (SSSR count). The summed E-state index contributed by atoms with van der Waals surface area (Å²) in [4.78, 5) is 35.5. The lowest BCUT2D eigenvalue weighted by Crippen LogP contribution is -2.39. The van der Waals surface area contributed by atoms with Crippen LogP contribution in [0, 0.1) is 0 Å². The second kappa shape index (κ2) is 8.38. The molecule has 2 aromatic heterocycles. The van der Waals surface area contributed by atoms with E-state index in [-0.39, 0.29) is 12.2 Å². The van der Waals surface area contributed by atoms with Gasteiger partial charge in [-0.3, -0.25) is 14.3 Å². The van der Waals surface area contributed by atoms with Crippen LogP contribution in [-0.4, -0.2) is 22.1 Å². The fraction of sp³-hybridized carbons (Fsp3) is 0.182. The lowest BCUT2D eigenvalue weighted by atomic mass is 9.96. The Morgan fingerprint density at radius 1 is 1.27 bits per heavy atom. The van der Waals surface area contributed by atoms with Gasteiger partial charge >= 0.3 is 5.97 Å². The fourth-order valence-corrected chi connectivity index (χ4v) is 4.50. The van der Waals surface area contributed by atoms with Crippen LogP contribution in [0.1, 0.15) is 31.1 Å². The topological polar surface area (TPSA) is 73.6 Å². The van der Waals surface area contributed by atoms with Gasteiger partial charge in [0, 0.05) is 11.2 Å². The summed E-state index contributed by atoms with van der Waals surface area (Å²) in [6, 6.07) is 11.9. The van der Waals surface area contributed by atoms with Crippen LogP contribution in [0.3, 0.4) is 0 Å². The van der Waals surface area contributed by atoms with Crippen molar-refractivity contribution in [3.05, 3.63) is 95.9 Å². The van der Waals surface area contributed by atoms with E-state index in [0.29, 0.717) is 31.3 Å². The SMILES string of the molecule is CCOC(=O)C1=C(C)N=c2s/c(=C\c3ccccn3)c(=O)n2[C@H]1c1ccc(Cl)cc1. The fourth-order valence-electron chi connectivity index (χ4n) is 3.35. The minimum Gasteiger partial charge on any atom is -0.463 e. The zero-order chi connectivity index (χ0) is 21.3. The Balaban J connectivity index is 1.96. The van der Waals surface area contributed by atoms with Gasteiger partial charge < -0.3 is 4.74 Å². The number of carbonyl (C=O) groups excluding carboxylic acids is 1. The van der Waals surface area contributed by atoms with Crippen molar-refractivity contribution in [2.24, 2.45) is 4.99 Å². The number of allylic oxidation sites excluding steroid dienone is 1. The summed E-state index contributed by atoms with van der Waals surface area (Å²) in [7, 11) is 0. The maximum Gasteiger partial charge on any atom is 0.338 e. The molecule has 3 aromatic rings. The number of nitrogens with zero attached hydrogens (tertiary/aromatic N) is 3. The molecule has 0 spiro atoms. The number of pyridine rings is 1. The first-order valence-electron chi connectivity index (χ1n) is 9.35. The lowest BCUT2D eigenvalue weighted by molar-refractivity contribution is -0.139. The Hall–Kier alpha value is -3.03. The summed E-state index contributed by atoms with van der Waals surface area (Å²) in [5, 5.41) is 0.569. The Morgan fingerprint density at radius 3 is 2.70 bits per heavy atom. The molecule has 1 aliphatic rings. The minimum absolute atomic E-state index is 0.229. The van der Waals surface area contributed by atoms with Crippen LogP contribution in [0.5, 0.6) is 0 Å². The summed E-state index contributed by atoms with van der Waals surface area (Å²) in [5.41, 5.74) is 2.06. The minimum atomic E-state index is -0.650. The van der Waals surface area contributed by atoms with Gasteiger partial charge in [-0.2, -0.15) is 0 Å². The number of ether oxygens (including phenoxy) is 1. The number of carbonyl (C=O) groups is 1. The van der Waals surface area contributed by atoms with Crippen LogP contribution in [0.2, 0.25) is 5.02 Å². The number of benzene rings is 1. The molecule has 152 valence electrons. The quantitative estimate of drug-likeness (QED) is 0.586. The van der Waals surface area contributed by atoms with Crippen LogP contribution >= 0.6 is 22.9 Å². The standard InChI is InChI=1S/C22H18ClN3O3S/c1-3-29-21(28)18-13(2)25-22-26(19(18)14-7-9-15(23)10-8-14)20(27)17(30-22)12-16-6-4-5-11-24-16/h4-12,19H,3H2,1-2H3/b17-12-/t19-/m0/s1. The molecule has 3 heterocycles. The van der Waals surface area contributed by atoms with Gasteiger partial charge in [-0.15, -0.1) is 0 Å². The Morgan fingerprint density at radius 2 is 2.03 bits per heavy atom. The molecule has 1 atom stereocenters. The third-order valence-electron chi connectivity index (χ3n) is 4.67. The molecule has 0 amide bonds. The molecule has 0 aliphatic carbocycles. The number of hydrogen-bond donors (Lipinski definition) is 0. The number of fused-ring (bicyclic) bond motifs is 1. The normalized spacial score (nSPS) is 16.2. The van der Waals surface area contributed by atoms with Crippen molar-refractivity contribution in [2.45, 2.75) is 19.9 Å². The molecule has 8 heteroatoms. The number of rotatable bonds is 4. The smallest absolute Gasteiger partial charge is 0.338 e. The van der Waals surface area contributed by atoms with Crippen LogP contribution < -0.4 is 14.9 Å². The zero-order valence-corrected chi connectivity index (χ0v) is 17.9. The lowest BCUT2D eigenvalue weighted by Gasteiger charge is -2.24. The van der Waals surface area contributed by atoms with Crippen molar-refractivity contribution < 1.29 is 9.53 Å². The average molecular weight is 440 g/mol. The first-order chi connectivity index (χ1) is 14.5. The van der Waals surface area contributed by atoms with E-state index < -0.39 is 12.0 Å². The molecule has 0 unspecified atom stereocenters. The third kappa shape index (κ3) is 3.74. The van der Waals surface area contributed by atoms with Crippen molar-refractivity contribution in [1.82, 2.24) is 9.55 Å². The van der Waals surface area contributed by atoms with E-state index in [0.717, 1.165) is 5.56 Å². The molecule has 0 saturated heterocycles. The van der Waals surface area contributed by atoms with Gasteiger partial charge in [0.1, 0.15) is 0 Å². The Labute approximate surface area is 181 Å². The van der Waals surface area contributed by atoms with E-state index in [9.17, 15) is 9.59 Å². The van der Waals surface area contributed by atoms with Gasteiger partial charge in [0.2, 0.25) is 0 Å². The van der Waals surface area contributed by atoms with Crippen molar-refractivity contribution in [3.63, 3.8) is 0 Å². The summed E-state index contributed by atoms with van der Waals surface area (Å²) in [5.74, 6) is -0.488. The van der Waals surface area contributed by atoms with Crippen LogP contribution in [0.4, 0.5) is 0 Å². The van der Waals surface area contributed by atoms with Gasteiger partial charge in [-0.25, -0.2) is 9.79 Å². The highest BCUT2D eigenvalue weighted by atomic mass is 35.5. The molecule has 30 heavy (non-hydrogen) atoms. The largest absolute Gasteiger partial charge is 0.463 e. The van der Waals surface area contributed by atoms with Crippen molar-refractivity contribution in [2.75, 3.05) is 6.61 Å². The zero-order valence-electron chi connectivity index (χ0n) is 16.3. The second-order valence-electron chi connectivity index (χ2n) is 6.61. The van der Waals surface area contributed by atoms with Gasteiger partial charge in [0.15, 0.2) is 4.80 Å². The monoisotopic (exact) mass is 439 g/mol. The molecule has 0 N–H and O–H groups in total. The highest BCUT2D eigenvalue weighted by Gasteiger charge is 2.33. The van der Waals surface area contributed by atoms with E-state index in [1.165, 1.54) is 11.3 Å². The molecule has 1 aliphatic heterocycles. The third-order valence-corrected chi connectivity index (χ3v) is 5.90. The second-order valence-corrected chi connectivity index (χ2v) is 8.05. The number of aromatic nitrogens is 2. The molecule has 6 nitrogen and oxygen atoms in total. The highest BCUT2D eigenvalue weighted by Crippen LogP contribution is 2.31. The van der Waals surface area contributed by atoms with Crippen LogP contribution in [0.25, 0.3) is 6.08 Å². The molecule has 1 aromatic carbocycles. The first-order valence-corrected chi connectivity index (χ1v) is 10.5. The molecule has 0 radical (unpaired) electrons. The molecule has 0 bridgehead atoms. The van der Waals surface area contributed by atoms with E-state index in [4.69, 9.17) is 16.3 Å². The Bertz CT molecular complexity index is 1310. The molecular formula is C22H18ClN3O3S. The number of halogens is 1. The average Bonchev–Trinajstić information content (AvgIpc) is 3.03. The highest BCUT2D eigenvalue weighted by molar-refractivity contribution is 7.07. The van der Waals surface area contributed by atoms with Gasteiger partial charge in [-0.05, 0) is 49.8 Å². The van der Waals surface area contributed by atoms with Crippen molar-refractivity contribution in [1.29, 1.82) is 0 Å². The Kier molecular flexibility index (Phi) is 5.65. The van der Waals surface area contributed by atoms with Crippen LogP contribution in [-0.2, 0) is 9.53 Å². The number of hydrogen-bond acceptors (Lipinski definition) is 6. The number of esters is 1.